The quantitative estimate of drug-likeness (QED) is 0.516. The molecule has 0 aliphatic heterocycles. The van der Waals surface area contributed by atoms with E-state index >= 15 is 0 Å². The number of allylic oxidation sites excluding steroid dienone is 2. The van der Waals surface area contributed by atoms with E-state index in [1.807, 2.05) is 19.1 Å². The molecule has 0 N–H and O–H groups in total. The highest BCUT2D eigenvalue weighted by atomic mass is 19.1. The highest BCUT2D eigenvalue weighted by molar-refractivity contribution is 5.71. The monoisotopic (exact) mass is 304 g/mol. The summed E-state index contributed by atoms with van der Waals surface area (Å²) in [4.78, 5) is 0. The van der Waals surface area contributed by atoms with E-state index in [0.717, 1.165) is 12.0 Å². The number of halogens is 1. The Morgan fingerprint density at radius 3 is 2.09 bits per heavy atom. The summed E-state index contributed by atoms with van der Waals surface area (Å²) < 4.78 is 13.5. The smallest absolute Gasteiger partial charge is 0.126 e. The fourth-order valence-electron chi connectivity index (χ4n) is 3.56. The van der Waals surface area contributed by atoms with Crippen LogP contribution in [-0.4, -0.2) is 0 Å². The first kappa shape index (κ1) is 18.9. The summed E-state index contributed by atoms with van der Waals surface area (Å²) in [5, 5.41) is 0. The molecule has 124 valence electrons. The van der Waals surface area contributed by atoms with Crippen LogP contribution in [0.4, 0.5) is 4.39 Å². The van der Waals surface area contributed by atoms with E-state index in [4.69, 9.17) is 0 Å². The van der Waals surface area contributed by atoms with Crippen molar-refractivity contribution in [3.05, 3.63) is 40.7 Å². The zero-order chi connectivity index (χ0) is 17.1. The van der Waals surface area contributed by atoms with E-state index in [2.05, 4.69) is 48.5 Å². The van der Waals surface area contributed by atoms with Crippen molar-refractivity contribution < 1.29 is 4.39 Å². The van der Waals surface area contributed by atoms with Gasteiger partial charge in [-0.05, 0) is 66.4 Å². The van der Waals surface area contributed by atoms with Crippen LogP contribution in [0.3, 0.4) is 0 Å². The number of benzene rings is 1. The molecule has 0 fully saturated rings. The Bertz CT molecular complexity index is 547. The minimum atomic E-state index is -0.115. The number of hydrogen-bond donors (Lipinski definition) is 0. The predicted octanol–water partition coefficient (Wildman–Crippen LogP) is 7.17. The predicted molar refractivity (Wildman–Crippen MR) is 96.5 cm³/mol. The Morgan fingerprint density at radius 2 is 1.59 bits per heavy atom. The van der Waals surface area contributed by atoms with Crippen LogP contribution >= 0.6 is 0 Å². The van der Waals surface area contributed by atoms with Crippen molar-refractivity contribution >= 4 is 5.57 Å². The lowest BCUT2D eigenvalue weighted by Gasteiger charge is -2.43. The van der Waals surface area contributed by atoms with E-state index in [9.17, 15) is 4.39 Å². The summed E-state index contributed by atoms with van der Waals surface area (Å²) in [7, 11) is 0. The third-order valence-electron chi connectivity index (χ3n) is 4.55. The van der Waals surface area contributed by atoms with Crippen LogP contribution < -0.4 is 0 Å². The molecule has 0 amide bonds. The van der Waals surface area contributed by atoms with Crippen LogP contribution in [-0.2, 0) is 0 Å². The van der Waals surface area contributed by atoms with Gasteiger partial charge in [0.15, 0.2) is 0 Å². The van der Waals surface area contributed by atoms with Crippen LogP contribution in [0.15, 0.2) is 23.8 Å². The van der Waals surface area contributed by atoms with E-state index in [-0.39, 0.29) is 11.2 Å². The van der Waals surface area contributed by atoms with Crippen molar-refractivity contribution in [3.63, 3.8) is 0 Å². The molecule has 1 aliphatic carbocycles. The van der Waals surface area contributed by atoms with Gasteiger partial charge in [0.1, 0.15) is 5.82 Å². The Balaban J connectivity index is 0.000000745. The first-order chi connectivity index (χ1) is 10.0. The van der Waals surface area contributed by atoms with Crippen molar-refractivity contribution in [2.75, 3.05) is 0 Å². The molecule has 0 radical (unpaired) electrons. The Labute approximate surface area is 136 Å². The maximum atomic E-state index is 13.5. The average Bonchev–Trinajstić information content (AvgIpc) is 2.37. The summed E-state index contributed by atoms with van der Waals surface area (Å²) in [6, 6.07) is 5.52. The second kappa shape index (κ2) is 6.98. The van der Waals surface area contributed by atoms with Crippen LogP contribution in [0.5, 0.6) is 0 Å². The van der Waals surface area contributed by atoms with Crippen molar-refractivity contribution in [1.29, 1.82) is 0 Å². The zero-order valence-corrected chi connectivity index (χ0v) is 15.7. The van der Waals surface area contributed by atoms with Crippen LogP contribution in [0.2, 0.25) is 0 Å². The third-order valence-corrected chi connectivity index (χ3v) is 4.55. The van der Waals surface area contributed by atoms with Gasteiger partial charge in [-0.1, -0.05) is 59.6 Å². The van der Waals surface area contributed by atoms with Crippen molar-refractivity contribution in [1.82, 2.24) is 0 Å². The summed E-state index contributed by atoms with van der Waals surface area (Å²) >= 11 is 0. The second-order valence-corrected chi connectivity index (χ2v) is 8.18. The van der Waals surface area contributed by atoms with E-state index in [1.54, 1.807) is 6.07 Å². The van der Waals surface area contributed by atoms with Crippen LogP contribution in [0, 0.1) is 23.6 Å². The molecule has 0 saturated carbocycles. The van der Waals surface area contributed by atoms with Gasteiger partial charge in [0.25, 0.3) is 0 Å². The Kier molecular flexibility index (Phi) is 6.01. The Hall–Kier alpha value is -1.11. The minimum absolute atomic E-state index is 0.115. The topological polar surface area (TPSA) is 0 Å². The van der Waals surface area contributed by atoms with Gasteiger partial charge in [-0.3, -0.25) is 0 Å². The molecule has 0 unspecified atom stereocenters. The molecular weight excluding hydrogens is 271 g/mol. The summed E-state index contributed by atoms with van der Waals surface area (Å²) in [6.45, 7) is 17.6. The lowest BCUT2D eigenvalue weighted by Crippen LogP contribution is -2.30. The minimum Gasteiger partial charge on any atom is -0.207 e. The zero-order valence-electron chi connectivity index (χ0n) is 15.7. The molecular formula is C21H33F. The summed E-state index contributed by atoms with van der Waals surface area (Å²) in [6.07, 6.45) is 3.53. The maximum absolute atomic E-state index is 13.5. The van der Waals surface area contributed by atoms with Crippen molar-refractivity contribution in [2.45, 2.75) is 74.7 Å². The molecule has 0 nitrogen and oxygen atoms in total. The van der Waals surface area contributed by atoms with Crippen molar-refractivity contribution in [3.8, 4) is 0 Å². The summed E-state index contributed by atoms with van der Waals surface area (Å²) in [5.74, 6) is -0.115. The van der Waals surface area contributed by atoms with Gasteiger partial charge in [0.05, 0.1) is 0 Å². The third kappa shape index (κ3) is 4.44. The molecule has 1 heteroatoms. The Morgan fingerprint density at radius 1 is 1.05 bits per heavy atom. The van der Waals surface area contributed by atoms with Crippen LogP contribution in [0.25, 0.3) is 5.57 Å². The molecule has 0 heterocycles. The van der Waals surface area contributed by atoms with Crippen molar-refractivity contribution in [2.24, 2.45) is 10.8 Å². The fourth-order valence-corrected chi connectivity index (χ4v) is 3.56. The molecule has 22 heavy (non-hydrogen) atoms. The molecule has 0 atom stereocenters. The molecule has 1 aromatic carbocycles. The molecule has 1 aromatic rings. The van der Waals surface area contributed by atoms with Gasteiger partial charge in [0.2, 0.25) is 0 Å². The SMILES string of the molecule is CC1=C(c2ccc(F)c(C)c2)CC(C)(C)CC1(C)C.CCC. The second-order valence-electron chi connectivity index (χ2n) is 8.18. The molecule has 0 aromatic heterocycles. The average molecular weight is 304 g/mol. The van der Waals surface area contributed by atoms with Gasteiger partial charge in [-0.25, -0.2) is 4.39 Å². The van der Waals surface area contributed by atoms with Gasteiger partial charge >= 0.3 is 0 Å². The number of aryl methyl sites for hydroxylation is 1. The standard InChI is InChI=1S/C18H25F.C3H8/c1-12-9-14(7-8-16(12)19)15-10-17(3,4)11-18(5,6)13(15)2;1-3-2/h7-9H,10-11H2,1-6H3;3H2,1-2H3. The highest BCUT2D eigenvalue weighted by Gasteiger charge is 2.37. The molecule has 0 bridgehead atoms. The fraction of sp³-hybridized carbons (Fsp3) is 0.619. The van der Waals surface area contributed by atoms with Gasteiger partial charge in [-0.15, -0.1) is 0 Å². The summed E-state index contributed by atoms with van der Waals surface area (Å²) in [5.41, 5.74) is 5.32. The van der Waals surface area contributed by atoms with E-state index in [1.165, 1.54) is 29.6 Å². The first-order valence-electron chi connectivity index (χ1n) is 8.51. The normalized spacial score (nSPS) is 19.5. The molecule has 2 rings (SSSR count). The van der Waals surface area contributed by atoms with Gasteiger partial charge in [0, 0.05) is 0 Å². The lowest BCUT2D eigenvalue weighted by molar-refractivity contribution is 0.215. The molecule has 1 aliphatic rings. The van der Waals surface area contributed by atoms with Gasteiger partial charge in [-0.2, -0.15) is 0 Å². The molecule has 0 spiro atoms. The number of hydrogen-bond acceptors (Lipinski definition) is 0. The van der Waals surface area contributed by atoms with Gasteiger partial charge < -0.3 is 0 Å². The largest absolute Gasteiger partial charge is 0.207 e. The first-order valence-corrected chi connectivity index (χ1v) is 8.51. The number of rotatable bonds is 1. The lowest BCUT2D eigenvalue weighted by atomic mass is 9.62. The van der Waals surface area contributed by atoms with E-state index < -0.39 is 0 Å². The van der Waals surface area contributed by atoms with E-state index in [0.29, 0.717) is 5.41 Å². The highest BCUT2D eigenvalue weighted by Crippen LogP contribution is 2.51. The molecule has 0 saturated heterocycles. The maximum Gasteiger partial charge on any atom is 0.126 e. The van der Waals surface area contributed by atoms with Crippen LogP contribution in [0.1, 0.15) is 78.9 Å².